The van der Waals surface area contributed by atoms with Gasteiger partial charge in [0.1, 0.15) is 0 Å². The Morgan fingerprint density at radius 1 is 0.267 bits per heavy atom. The van der Waals surface area contributed by atoms with Crippen LogP contribution in [0.5, 0.6) is 0 Å². The van der Waals surface area contributed by atoms with Crippen LogP contribution in [0.15, 0.2) is 266 Å². The summed E-state index contributed by atoms with van der Waals surface area (Å²) in [7, 11) is 0. The second-order valence-electron chi connectivity index (χ2n) is 24.1. The highest BCUT2D eigenvalue weighted by molar-refractivity contribution is 7.11. The van der Waals surface area contributed by atoms with Gasteiger partial charge in [-0.25, -0.2) is 0 Å². The summed E-state index contributed by atoms with van der Waals surface area (Å²) in [4.78, 5) is 7.75. The van der Waals surface area contributed by atoms with Crippen molar-refractivity contribution in [3.8, 4) is 55.6 Å². The molecule has 12 aromatic carbocycles. The van der Waals surface area contributed by atoms with Gasteiger partial charge in [-0.05, 0) is 245 Å². The van der Waals surface area contributed by atoms with Crippen molar-refractivity contribution in [2.45, 2.75) is 38.5 Å². The molecule has 0 fully saturated rings. The molecule has 18 rings (SSSR count). The zero-order valence-corrected chi connectivity index (χ0v) is 49.7. The molecule has 2 nitrogen and oxygen atoms in total. The fraction of sp³-hybridized carbons (Fsp3) is 0.0732. The van der Waals surface area contributed by atoms with Crippen molar-refractivity contribution in [1.29, 1.82) is 0 Å². The molecule has 4 heteroatoms. The quantitative estimate of drug-likeness (QED) is 0.157. The molecule has 2 spiro atoms. The number of para-hydroxylation sites is 2. The number of benzene rings is 12. The summed E-state index contributed by atoms with van der Waals surface area (Å²) >= 11 is 3.82. The molecule has 406 valence electrons. The largest absolute Gasteiger partial charge is 0.310 e. The van der Waals surface area contributed by atoms with E-state index in [9.17, 15) is 0 Å². The van der Waals surface area contributed by atoms with Crippen LogP contribution in [0.4, 0.5) is 34.1 Å². The molecule has 0 N–H and O–H groups in total. The van der Waals surface area contributed by atoms with E-state index in [1.54, 1.807) is 0 Å². The average molecular weight is 1130 g/mol. The maximum absolute atomic E-state index is 2.59. The first-order valence-corrected chi connectivity index (χ1v) is 31.7. The number of anilines is 6. The molecule has 0 amide bonds. The SMILES string of the molecule is Cc1cc2c(cc1C)[C@@]1(c3cc(-c4ccc5c(c4)[C@]4(c6cc(N(c7ccccc7)c7cccc8ccccc78)ccc6-5)c5cc(C)c(C)cc5-c5ccsc54)ccc3-c3ccc(N(c4ccccc4)c4cccc5ccccc45)cc31)c1sccc1-2. The molecule has 0 bridgehead atoms. The summed E-state index contributed by atoms with van der Waals surface area (Å²) in [6, 6.07) is 97.2. The van der Waals surface area contributed by atoms with Gasteiger partial charge in [-0.2, -0.15) is 0 Å². The Balaban J connectivity index is 0.858. The van der Waals surface area contributed by atoms with Crippen LogP contribution in [0.25, 0.3) is 77.2 Å². The minimum absolute atomic E-state index is 0.556. The maximum atomic E-state index is 2.59. The van der Waals surface area contributed by atoms with E-state index < -0.39 is 10.8 Å². The number of hydrogen-bond donors (Lipinski definition) is 0. The second kappa shape index (κ2) is 18.3. The summed E-state index contributed by atoms with van der Waals surface area (Å²) in [5.41, 5.74) is 32.1. The number of fused-ring (bicyclic) bond motifs is 22. The van der Waals surface area contributed by atoms with Crippen LogP contribution < -0.4 is 9.80 Å². The predicted molar refractivity (Wildman–Crippen MR) is 364 cm³/mol. The van der Waals surface area contributed by atoms with E-state index in [-0.39, 0.29) is 0 Å². The first-order valence-electron chi connectivity index (χ1n) is 29.9. The smallest absolute Gasteiger partial charge is 0.0820 e. The minimum atomic E-state index is -0.556. The number of hydrogen-bond acceptors (Lipinski definition) is 4. The van der Waals surface area contributed by atoms with Gasteiger partial charge in [0.25, 0.3) is 0 Å². The van der Waals surface area contributed by atoms with Crippen molar-refractivity contribution in [3.63, 3.8) is 0 Å². The van der Waals surface area contributed by atoms with Crippen LogP contribution in [0.2, 0.25) is 0 Å². The van der Waals surface area contributed by atoms with Crippen LogP contribution >= 0.6 is 22.7 Å². The number of nitrogens with zero attached hydrogens (tertiary/aromatic N) is 2. The summed E-state index contributed by atoms with van der Waals surface area (Å²) in [6.07, 6.45) is 0. The van der Waals surface area contributed by atoms with Crippen LogP contribution in [0.1, 0.15) is 65.4 Å². The first-order chi connectivity index (χ1) is 42.3. The van der Waals surface area contributed by atoms with Crippen LogP contribution in [-0.2, 0) is 10.8 Å². The standard InChI is InChI=1S/C82H56N2S2/c1-49-41-69-67-37-39-85-79(67)81(71(69)43-51(49)3)73-45-55(29-33-63(73)65-35-31-59(47-75(65)81)83(57-21-7-5-8-22-57)77-27-15-19-53-17-11-13-25-61(53)77)56-30-34-64-66-36-32-60(84(58-23-9-6-10-24-58)78-28-16-20-54-18-12-14-26-62(54)78)48-76(66)82(74(64)46-56)72-44-52(4)50(2)42-70(72)68-38-40-86-80(68)82/h5-48H,1-4H3/t81-,82-/m0/s1. The van der Waals surface area contributed by atoms with Gasteiger partial charge in [0.05, 0.1) is 22.2 Å². The molecule has 2 aromatic heterocycles. The molecule has 0 unspecified atom stereocenters. The van der Waals surface area contributed by atoms with Crippen molar-refractivity contribution in [2.24, 2.45) is 0 Å². The minimum Gasteiger partial charge on any atom is -0.310 e. The lowest BCUT2D eigenvalue weighted by molar-refractivity contribution is 0.808. The lowest BCUT2D eigenvalue weighted by Crippen LogP contribution is -2.26. The third-order valence-electron chi connectivity index (χ3n) is 19.8. The van der Waals surface area contributed by atoms with Gasteiger partial charge in [0.2, 0.25) is 0 Å². The molecule has 14 aromatic rings. The van der Waals surface area contributed by atoms with Gasteiger partial charge < -0.3 is 9.80 Å². The molecule has 0 saturated heterocycles. The second-order valence-corrected chi connectivity index (χ2v) is 25.9. The van der Waals surface area contributed by atoms with Crippen LogP contribution in [0, 0.1) is 27.7 Å². The molecular weight excluding hydrogens is 1080 g/mol. The molecule has 86 heavy (non-hydrogen) atoms. The van der Waals surface area contributed by atoms with Crippen molar-refractivity contribution in [1.82, 2.24) is 0 Å². The van der Waals surface area contributed by atoms with E-state index in [2.05, 4.69) is 303 Å². The van der Waals surface area contributed by atoms with Gasteiger partial charge >= 0.3 is 0 Å². The summed E-state index contributed by atoms with van der Waals surface area (Å²) in [5.74, 6) is 0. The molecule has 2 heterocycles. The molecule has 0 radical (unpaired) electrons. The van der Waals surface area contributed by atoms with E-state index in [0.717, 1.165) is 34.1 Å². The van der Waals surface area contributed by atoms with Gasteiger partial charge in [-0.15, -0.1) is 22.7 Å². The highest BCUT2D eigenvalue weighted by Crippen LogP contribution is 2.68. The topological polar surface area (TPSA) is 6.48 Å². The van der Waals surface area contributed by atoms with E-state index in [1.165, 1.54) is 143 Å². The lowest BCUT2D eigenvalue weighted by atomic mass is 9.72. The molecule has 0 saturated carbocycles. The molecular formula is C82H56N2S2. The normalized spacial score (nSPS) is 16.0. The molecule has 4 aliphatic carbocycles. The Kier molecular flexibility index (Phi) is 10.6. The Morgan fingerprint density at radius 3 is 1.07 bits per heavy atom. The third kappa shape index (κ3) is 6.66. The fourth-order valence-corrected chi connectivity index (χ4v) is 18.0. The Hall–Kier alpha value is -9.84. The van der Waals surface area contributed by atoms with Gasteiger partial charge in [-0.3, -0.25) is 0 Å². The molecule has 2 atom stereocenters. The highest BCUT2D eigenvalue weighted by atomic mass is 32.1. The number of rotatable bonds is 7. The fourth-order valence-electron chi connectivity index (χ4n) is 15.7. The van der Waals surface area contributed by atoms with Crippen molar-refractivity contribution in [3.05, 3.63) is 331 Å². The summed E-state index contributed by atoms with van der Waals surface area (Å²) < 4.78 is 0. The van der Waals surface area contributed by atoms with Gasteiger partial charge in [0, 0.05) is 43.3 Å². The van der Waals surface area contributed by atoms with Crippen molar-refractivity contribution < 1.29 is 0 Å². The van der Waals surface area contributed by atoms with Gasteiger partial charge in [0.15, 0.2) is 0 Å². The van der Waals surface area contributed by atoms with E-state index in [0.29, 0.717) is 0 Å². The number of thiophene rings is 2. The van der Waals surface area contributed by atoms with E-state index in [1.807, 2.05) is 22.7 Å². The zero-order chi connectivity index (χ0) is 57.2. The monoisotopic (exact) mass is 1130 g/mol. The summed E-state index contributed by atoms with van der Waals surface area (Å²) in [5, 5.41) is 9.53. The van der Waals surface area contributed by atoms with E-state index >= 15 is 0 Å². The Bertz CT molecular complexity index is 4860. The first kappa shape index (κ1) is 49.6. The van der Waals surface area contributed by atoms with Crippen molar-refractivity contribution in [2.75, 3.05) is 9.80 Å². The van der Waals surface area contributed by atoms with Crippen molar-refractivity contribution >= 4 is 78.3 Å². The molecule has 0 aliphatic heterocycles. The molecule has 4 aliphatic rings. The predicted octanol–water partition coefficient (Wildman–Crippen LogP) is 22.6. The highest BCUT2D eigenvalue weighted by Gasteiger charge is 2.55. The summed E-state index contributed by atoms with van der Waals surface area (Å²) in [6.45, 7) is 9.14. The van der Waals surface area contributed by atoms with Crippen LogP contribution in [-0.4, -0.2) is 0 Å². The third-order valence-corrected chi connectivity index (χ3v) is 21.9. The zero-order valence-electron chi connectivity index (χ0n) is 48.1. The average Bonchev–Trinajstić information content (AvgIpc) is 1.52. The van der Waals surface area contributed by atoms with E-state index in [4.69, 9.17) is 0 Å². The Labute approximate surface area is 509 Å². The van der Waals surface area contributed by atoms with Crippen LogP contribution in [0.3, 0.4) is 0 Å². The maximum Gasteiger partial charge on any atom is 0.0820 e. The lowest BCUT2D eigenvalue weighted by Gasteiger charge is -2.32. The number of aryl methyl sites for hydroxylation is 4. The Morgan fingerprint density at radius 2 is 0.628 bits per heavy atom. The van der Waals surface area contributed by atoms with Gasteiger partial charge in [-0.1, -0.05) is 170 Å².